The van der Waals surface area contributed by atoms with Gasteiger partial charge in [-0.2, -0.15) is 0 Å². The Morgan fingerprint density at radius 2 is 1.18 bits per heavy atom. The predicted molar refractivity (Wildman–Crippen MR) is 218 cm³/mol. The number of carbonyl (C=O) groups excluding carboxylic acids is 5. The van der Waals surface area contributed by atoms with Gasteiger partial charge in [0.15, 0.2) is 5.96 Å². The number of aromatic hydroxyl groups is 1. The number of likely N-dealkylation sites (N-methyl/N-ethyl adjacent to an activating group) is 1. The van der Waals surface area contributed by atoms with Crippen LogP contribution in [-0.2, 0) is 36.8 Å². The summed E-state index contributed by atoms with van der Waals surface area (Å²) in [5, 5.41) is 27.1. The Balaban J connectivity index is 2.42. The van der Waals surface area contributed by atoms with E-state index in [0.29, 0.717) is 31.5 Å². The third-order valence-electron chi connectivity index (χ3n) is 9.19. The van der Waals surface area contributed by atoms with Crippen molar-refractivity contribution >= 4 is 35.5 Å². The van der Waals surface area contributed by atoms with Gasteiger partial charge in [0.2, 0.25) is 29.5 Å². The highest BCUT2D eigenvalue weighted by Gasteiger charge is 2.34. The molecule has 2 aromatic carbocycles. The molecule has 310 valence electrons. The van der Waals surface area contributed by atoms with Crippen LogP contribution in [0, 0.1) is 11.8 Å². The molecule has 13 N–H and O–H groups in total. The summed E-state index contributed by atoms with van der Waals surface area (Å²) in [5.41, 5.74) is 17.9. The summed E-state index contributed by atoms with van der Waals surface area (Å²) in [6.07, 6.45) is 3.06. The van der Waals surface area contributed by atoms with Gasteiger partial charge < -0.3 is 54.2 Å². The van der Waals surface area contributed by atoms with Crippen LogP contribution < -0.4 is 49.1 Å². The molecule has 0 spiro atoms. The van der Waals surface area contributed by atoms with Crippen molar-refractivity contribution in [3.05, 3.63) is 65.7 Å². The van der Waals surface area contributed by atoms with Gasteiger partial charge in [-0.1, -0.05) is 76.6 Å². The van der Waals surface area contributed by atoms with E-state index in [4.69, 9.17) is 17.2 Å². The summed E-state index contributed by atoms with van der Waals surface area (Å²) in [4.78, 5) is 72.8. The quantitative estimate of drug-likeness (QED) is 0.0375. The minimum absolute atomic E-state index is 0.00139. The number of rotatable bonds is 25. The number of carbonyl (C=O) groups is 5. The molecular formula is C40H64N10O6. The molecule has 2 aromatic rings. The standard InChI is InChI=1S/C40H64N10O6/c1-25(2)33(44-5)38(55)50-34(26(3)4)39(56)49-32(24-28-16-18-29(51)19-17-28)37(54)48-31(23-27-13-8-6-9-14-27)36(53)47-30(15-12-22-46-40(42)43)35(52)45-21-11-7-10-20-41/h6,8-9,13-14,16-19,25-26,30-34,44,51H,7,10-12,15,20-24,41H2,1-5H3,(H,45,52)(H,47,53)(H,48,54)(H,49,56)(H,50,55)(H4,42,43,46)/t30-,31-,32-,33-,34?/m1/s1. The lowest BCUT2D eigenvalue weighted by Gasteiger charge is -2.29. The maximum atomic E-state index is 14.3. The number of phenols is 1. The fourth-order valence-corrected chi connectivity index (χ4v) is 6.04. The Morgan fingerprint density at radius 3 is 1.71 bits per heavy atom. The third-order valence-corrected chi connectivity index (χ3v) is 9.19. The zero-order valence-electron chi connectivity index (χ0n) is 33.5. The van der Waals surface area contributed by atoms with Crippen molar-refractivity contribution in [2.45, 2.75) is 103 Å². The summed E-state index contributed by atoms with van der Waals surface area (Å²) in [5.74, 6) is -3.07. The third kappa shape index (κ3) is 17.1. The van der Waals surface area contributed by atoms with Gasteiger partial charge in [-0.25, -0.2) is 0 Å². The normalized spacial score (nSPS) is 13.8. The first kappa shape index (κ1) is 46.9. The number of nitrogens with one attached hydrogen (secondary N) is 6. The maximum absolute atomic E-state index is 14.3. The number of hydrogen-bond acceptors (Lipinski definition) is 9. The van der Waals surface area contributed by atoms with Crippen molar-refractivity contribution in [3.8, 4) is 5.75 Å². The Bertz CT molecular complexity index is 1550. The SMILES string of the molecule is CN[C@@H](C(=O)NC(C(=O)N[C@H](Cc1ccc(O)cc1)C(=O)N[C@H](Cc1ccccc1)C(=O)N[C@H](CCCN=C(N)N)C(=O)NCCCCCN)C(C)C)C(C)C. The molecule has 5 atom stereocenters. The second-order valence-corrected chi connectivity index (χ2v) is 14.6. The number of aliphatic imine (C=N–C) groups is 1. The smallest absolute Gasteiger partial charge is 0.243 e. The number of phenolic OH excluding ortho intramolecular Hbond substituents is 1. The van der Waals surface area contributed by atoms with E-state index in [2.05, 4.69) is 36.9 Å². The average Bonchev–Trinajstić information content (AvgIpc) is 3.15. The first-order valence-electron chi connectivity index (χ1n) is 19.4. The lowest BCUT2D eigenvalue weighted by atomic mass is 9.98. The zero-order chi connectivity index (χ0) is 41.6. The number of nitrogens with zero attached hydrogens (tertiary/aromatic N) is 1. The van der Waals surface area contributed by atoms with Crippen molar-refractivity contribution < 1.29 is 29.1 Å². The van der Waals surface area contributed by atoms with E-state index in [1.165, 1.54) is 12.1 Å². The van der Waals surface area contributed by atoms with Gasteiger partial charge in [0.05, 0.1) is 6.04 Å². The number of unbranched alkanes of at least 4 members (excludes halogenated alkanes) is 2. The summed E-state index contributed by atoms with van der Waals surface area (Å²) < 4.78 is 0. The predicted octanol–water partition coefficient (Wildman–Crippen LogP) is 0.315. The molecule has 0 heterocycles. The monoisotopic (exact) mass is 781 g/mol. The van der Waals surface area contributed by atoms with Gasteiger partial charge in [0.25, 0.3) is 0 Å². The molecule has 0 radical (unpaired) electrons. The Labute approximate surface area is 331 Å². The zero-order valence-corrected chi connectivity index (χ0v) is 33.5. The summed E-state index contributed by atoms with van der Waals surface area (Å²) >= 11 is 0. The van der Waals surface area contributed by atoms with Gasteiger partial charge in [-0.05, 0) is 74.4 Å². The van der Waals surface area contributed by atoms with Crippen molar-refractivity contribution in [2.75, 3.05) is 26.7 Å². The molecule has 0 aliphatic rings. The maximum Gasteiger partial charge on any atom is 0.243 e. The van der Waals surface area contributed by atoms with E-state index in [-0.39, 0.29) is 55.3 Å². The number of hydrogen-bond donors (Lipinski definition) is 10. The number of benzene rings is 2. The molecule has 16 heteroatoms. The Hall–Kier alpha value is -5.22. The summed E-state index contributed by atoms with van der Waals surface area (Å²) in [6.45, 7) is 8.53. The van der Waals surface area contributed by atoms with Crippen molar-refractivity contribution in [1.82, 2.24) is 31.9 Å². The van der Waals surface area contributed by atoms with Crippen molar-refractivity contribution in [3.63, 3.8) is 0 Å². The largest absolute Gasteiger partial charge is 0.508 e. The molecule has 0 aliphatic carbocycles. The molecule has 1 unspecified atom stereocenters. The van der Waals surface area contributed by atoms with Crippen molar-refractivity contribution in [1.29, 1.82) is 0 Å². The minimum atomic E-state index is -1.20. The van der Waals surface area contributed by atoms with Gasteiger partial charge in [-0.3, -0.25) is 29.0 Å². The van der Waals surface area contributed by atoms with Crippen molar-refractivity contribution in [2.24, 2.45) is 34.0 Å². The van der Waals surface area contributed by atoms with Crippen LogP contribution in [0.25, 0.3) is 0 Å². The topological polar surface area (TPSA) is 268 Å². The fraction of sp³-hybridized carbons (Fsp3) is 0.550. The molecule has 0 aromatic heterocycles. The van der Waals surface area contributed by atoms with Crippen LogP contribution in [0.5, 0.6) is 5.75 Å². The highest BCUT2D eigenvalue weighted by molar-refractivity contribution is 5.96. The molecule has 0 aliphatic heterocycles. The number of amides is 5. The van der Waals surface area contributed by atoms with Crippen LogP contribution in [-0.4, -0.2) is 97.5 Å². The minimum Gasteiger partial charge on any atom is -0.508 e. The van der Waals surface area contributed by atoms with Crippen LogP contribution in [0.2, 0.25) is 0 Å². The Kier molecular flexibility index (Phi) is 21.0. The molecule has 0 saturated carbocycles. The van der Waals surface area contributed by atoms with Crippen LogP contribution in [0.3, 0.4) is 0 Å². The molecule has 0 fully saturated rings. The molecule has 0 saturated heterocycles. The highest BCUT2D eigenvalue weighted by Crippen LogP contribution is 2.14. The Morgan fingerprint density at radius 1 is 0.643 bits per heavy atom. The van der Waals surface area contributed by atoms with Gasteiger partial charge in [0, 0.05) is 25.9 Å². The van der Waals surface area contributed by atoms with Gasteiger partial charge in [0.1, 0.15) is 29.9 Å². The number of nitrogens with two attached hydrogens (primary N) is 3. The van der Waals surface area contributed by atoms with Gasteiger partial charge in [-0.15, -0.1) is 0 Å². The number of guanidine groups is 1. The van der Waals surface area contributed by atoms with E-state index in [0.717, 1.165) is 18.4 Å². The second-order valence-electron chi connectivity index (χ2n) is 14.6. The van der Waals surface area contributed by atoms with E-state index >= 15 is 0 Å². The van der Waals surface area contributed by atoms with Crippen LogP contribution in [0.1, 0.15) is 70.9 Å². The molecular weight excluding hydrogens is 717 g/mol. The summed E-state index contributed by atoms with van der Waals surface area (Å²) in [7, 11) is 1.67. The highest BCUT2D eigenvalue weighted by atomic mass is 16.3. The lowest BCUT2D eigenvalue weighted by Crippen LogP contribution is -2.60. The molecule has 2 rings (SSSR count). The fourth-order valence-electron chi connectivity index (χ4n) is 6.04. The molecule has 56 heavy (non-hydrogen) atoms. The van der Waals surface area contributed by atoms with Crippen LogP contribution in [0.15, 0.2) is 59.6 Å². The average molecular weight is 781 g/mol. The second kappa shape index (κ2) is 25.0. The van der Waals surface area contributed by atoms with E-state index in [9.17, 15) is 29.1 Å². The lowest BCUT2D eigenvalue weighted by molar-refractivity contribution is -0.135. The first-order valence-corrected chi connectivity index (χ1v) is 19.4. The van der Waals surface area contributed by atoms with Gasteiger partial charge >= 0.3 is 0 Å². The molecule has 16 nitrogen and oxygen atoms in total. The van der Waals surface area contributed by atoms with E-state index in [1.807, 2.05) is 44.2 Å². The van der Waals surface area contributed by atoms with Crippen LogP contribution in [0.4, 0.5) is 0 Å². The van der Waals surface area contributed by atoms with E-state index in [1.54, 1.807) is 33.0 Å². The summed E-state index contributed by atoms with van der Waals surface area (Å²) in [6, 6.07) is 10.4. The van der Waals surface area contributed by atoms with E-state index < -0.39 is 53.8 Å². The molecule has 0 bridgehead atoms. The molecule has 5 amide bonds. The first-order chi connectivity index (χ1) is 26.7. The van der Waals surface area contributed by atoms with Crippen LogP contribution >= 0.6 is 0 Å².